The highest BCUT2D eigenvalue weighted by molar-refractivity contribution is 7.85. The van der Waals surface area contributed by atoms with E-state index in [0.717, 1.165) is 42.2 Å². The lowest BCUT2D eigenvalue weighted by Crippen LogP contribution is -2.05. The molecule has 0 saturated heterocycles. The zero-order valence-electron chi connectivity index (χ0n) is 31.2. The van der Waals surface area contributed by atoms with Gasteiger partial charge >= 0.3 is 0 Å². The van der Waals surface area contributed by atoms with Crippen LogP contribution in [-0.2, 0) is 40.2 Å². The Balaban J connectivity index is 0.000000311. The Morgan fingerprint density at radius 2 is 0.717 bits per heavy atom. The zero-order valence-corrected chi connectivity index (χ0v) is 32.1. The molecule has 0 radical (unpaired) electrons. The summed E-state index contributed by atoms with van der Waals surface area (Å²) in [6.07, 6.45) is 4.51. The normalized spacial score (nSPS) is 10.6. The van der Waals surface area contributed by atoms with Gasteiger partial charge in [-0.3, -0.25) is 4.18 Å². The van der Waals surface area contributed by atoms with Crippen LogP contribution in [0.1, 0.15) is 98.7 Å². The van der Waals surface area contributed by atoms with E-state index in [9.17, 15) is 8.42 Å². The van der Waals surface area contributed by atoms with Crippen molar-refractivity contribution in [2.24, 2.45) is 0 Å². The smallest absolute Gasteiger partial charge is 0.264 e. The molecule has 252 valence electrons. The van der Waals surface area contributed by atoms with Crippen LogP contribution < -0.4 is 0 Å². The Morgan fingerprint density at radius 1 is 0.457 bits per heavy atom. The Kier molecular flexibility index (Phi) is 17.3. The lowest BCUT2D eigenvalue weighted by Gasteiger charge is -2.10. The molecular weight excluding hydrogens is 585 g/mol. The van der Waals surface area contributed by atoms with Gasteiger partial charge in [0.2, 0.25) is 0 Å². The summed E-state index contributed by atoms with van der Waals surface area (Å²) in [7, 11) is -3.37. The van der Waals surface area contributed by atoms with Gasteiger partial charge in [-0.05, 0) is 155 Å². The Hall–Kier alpha value is -3.21. The molecule has 0 aliphatic rings. The summed E-state index contributed by atoms with van der Waals surface area (Å²) < 4.78 is 26.5. The minimum Gasteiger partial charge on any atom is -0.265 e. The SMILES string of the molecule is CCc1c(C)cc(C)cc1C.CCc1c(C)cccc1C.CCc1c(C)cccc1C.Cc1cc(C)c(COS(C)(=O)=O)c(C)c1. The molecule has 4 aromatic carbocycles. The Morgan fingerprint density at radius 3 is 0.957 bits per heavy atom. The number of rotatable bonds is 6. The molecule has 4 rings (SSSR count). The summed E-state index contributed by atoms with van der Waals surface area (Å²) in [5, 5.41) is 0. The fourth-order valence-electron chi connectivity index (χ4n) is 6.18. The highest BCUT2D eigenvalue weighted by atomic mass is 32.2. The van der Waals surface area contributed by atoms with Crippen molar-refractivity contribution in [3.05, 3.63) is 139 Å². The molecule has 0 unspecified atom stereocenters. The van der Waals surface area contributed by atoms with Gasteiger partial charge in [0.05, 0.1) is 12.9 Å². The van der Waals surface area contributed by atoms with Gasteiger partial charge in [-0.15, -0.1) is 0 Å². The highest BCUT2D eigenvalue weighted by Gasteiger charge is 2.08. The molecule has 0 aliphatic heterocycles. The summed E-state index contributed by atoms with van der Waals surface area (Å²) in [5.41, 5.74) is 18.7. The van der Waals surface area contributed by atoms with Crippen LogP contribution in [0.2, 0.25) is 0 Å². The minimum absolute atomic E-state index is 0.122. The second-order valence-electron chi connectivity index (χ2n) is 12.5. The monoisotopic (exact) mass is 644 g/mol. The Labute approximate surface area is 282 Å². The van der Waals surface area contributed by atoms with Crippen LogP contribution in [0.5, 0.6) is 0 Å². The first kappa shape index (κ1) is 40.8. The van der Waals surface area contributed by atoms with Crippen LogP contribution >= 0.6 is 0 Å². The molecule has 0 N–H and O–H groups in total. The molecule has 0 aromatic heterocycles. The average Bonchev–Trinajstić information content (AvgIpc) is 2.93. The van der Waals surface area contributed by atoms with Crippen LogP contribution in [0.15, 0.2) is 60.7 Å². The van der Waals surface area contributed by atoms with Crippen molar-refractivity contribution >= 4 is 10.1 Å². The second-order valence-corrected chi connectivity index (χ2v) is 14.2. The highest BCUT2D eigenvalue weighted by Crippen LogP contribution is 2.18. The second kappa shape index (κ2) is 19.5. The molecule has 0 fully saturated rings. The summed E-state index contributed by atoms with van der Waals surface area (Å²) in [6.45, 7) is 27.9. The third-order valence-corrected chi connectivity index (χ3v) is 8.99. The van der Waals surface area contributed by atoms with Gasteiger partial charge in [0.15, 0.2) is 0 Å². The molecule has 4 aromatic rings. The molecule has 46 heavy (non-hydrogen) atoms. The van der Waals surface area contributed by atoms with Crippen molar-refractivity contribution in [2.75, 3.05) is 6.26 Å². The minimum atomic E-state index is -3.37. The molecule has 0 atom stereocenters. The molecule has 0 aliphatic carbocycles. The molecule has 3 nitrogen and oxygen atoms in total. The molecule has 0 bridgehead atoms. The fraction of sp³-hybridized carbons (Fsp3) is 0.429. The van der Waals surface area contributed by atoms with E-state index in [-0.39, 0.29) is 6.61 Å². The van der Waals surface area contributed by atoms with Gasteiger partial charge in [-0.1, -0.05) is 92.6 Å². The predicted molar refractivity (Wildman–Crippen MR) is 201 cm³/mol. The first-order chi connectivity index (χ1) is 21.4. The average molecular weight is 645 g/mol. The largest absolute Gasteiger partial charge is 0.265 e. The third-order valence-electron chi connectivity index (χ3n) is 8.45. The van der Waals surface area contributed by atoms with E-state index >= 15 is 0 Å². The van der Waals surface area contributed by atoms with E-state index < -0.39 is 10.1 Å². The van der Waals surface area contributed by atoms with E-state index in [1.54, 1.807) is 0 Å². The number of aryl methyl sites for hydroxylation is 10. The van der Waals surface area contributed by atoms with Crippen molar-refractivity contribution in [2.45, 2.75) is 116 Å². The maximum atomic E-state index is 10.9. The first-order valence-corrected chi connectivity index (χ1v) is 18.3. The first-order valence-electron chi connectivity index (χ1n) is 16.5. The van der Waals surface area contributed by atoms with E-state index in [1.165, 1.54) is 61.2 Å². The van der Waals surface area contributed by atoms with Crippen molar-refractivity contribution in [3.63, 3.8) is 0 Å². The van der Waals surface area contributed by atoms with Crippen molar-refractivity contribution in [1.29, 1.82) is 0 Å². The molecular formula is C42H60O3S. The van der Waals surface area contributed by atoms with Gasteiger partial charge in [-0.25, -0.2) is 0 Å². The fourth-order valence-corrected chi connectivity index (χ4v) is 6.52. The van der Waals surface area contributed by atoms with Crippen molar-refractivity contribution < 1.29 is 12.6 Å². The van der Waals surface area contributed by atoms with Crippen LogP contribution in [-0.4, -0.2) is 14.7 Å². The van der Waals surface area contributed by atoms with Gasteiger partial charge in [-0.2, -0.15) is 8.42 Å². The number of hydrogen-bond donors (Lipinski definition) is 0. The third kappa shape index (κ3) is 13.6. The van der Waals surface area contributed by atoms with Crippen LogP contribution in [0.25, 0.3) is 0 Å². The lowest BCUT2D eigenvalue weighted by atomic mass is 9.98. The summed E-state index contributed by atoms with van der Waals surface area (Å²) in [4.78, 5) is 0. The van der Waals surface area contributed by atoms with E-state index in [1.807, 2.05) is 32.9 Å². The summed E-state index contributed by atoms with van der Waals surface area (Å²) in [5.74, 6) is 0. The van der Waals surface area contributed by atoms with Crippen LogP contribution in [0.4, 0.5) is 0 Å². The molecule has 0 saturated carbocycles. The molecule has 0 spiro atoms. The van der Waals surface area contributed by atoms with Crippen LogP contribution in [0, 0.1) is 69.2 Å². The Bertz CT molecular complexity index is 1520. The maximum absolute atomic E-state index is 10.9. The van der Waals surface area contributed by atoms with E-state index in [2.05, 4.69) is 118 Å². The maximum Gasteiger partial charge on any atom is 0.264 e. The molecule has 0 heterocycles. The standard InChI is InChI=1S/C11H16O3S.C11H16.2C10H14/c1-8-5-9(2)11(10(3)6-8)7-14-15(4,12)13;1-5-11-9(3)6-8(2)7-10(11)4;2*1-4-10-8(2)6-5-7-9(10)3/h5-6H,7H2,1-4H3;6-7H,5H2,1-4H3;2*5-7H,4H2,1-3H3. The van der Waals surface area contributed by atoms with Gasteiger partial charge in [0.1, 0.15) is 0 Å². The van der Waals surface area contributed by atoms with Crippen molar-refractivity contribution in [1.82, 2.24) is 0 Å². The van der Waals surface area contributed by atoms with E-state index in [0.29, 0.717) is 0 Å². The van der Waals surface area contributed by atoms with Crippen LogP contribution in [0.3, 0.4) is 0 Å². The zero-order chi connectivity index (χ0) is 35.2. The number of benzene rings is 4. The summed E-state index contributed by atoms with van der Waals surface area (Å²) in [6, 6.07) is 21.5. The topological polar surface area (TPSA) is 43.4 Å². The van der Waals surface area contributed by atoms with E-state index in [4.69, 9.17) is 4.18 Å². The van der Waals surface area contributed by atoms with Crippen molar-refractivity contribution in [3.8, 4) is 0 Å². The number of hydrogen-bond acceptors (Lipinski definition) is 3. The van der Waals surface area contributed by atoms with Gasteiger partial charge in [0, 0.05) is 0 Å². The summed E-state index contributed by atoms with van der Waals surface area (Å²) >= 11 is 0. The van der Waals surface area contributed by atoms with Gasteiger partial charge < -0.3 is 0 Å². The predicted octanol–water partition coefficient (Wildman–Crippen LogP) is 11.0. The lowest BCUT2D eigenvalue weighted by molar-refractivity contribution is 0.310. The molecule has 4 heteroatoms. The quantitative estimate of drug-likeness (QED) is 0.196. The van der Waals surface area contributed by atoms with Gasteiger partial charge in [0.25, 0.3) is 10.1 Å². The molecule has 0 amide bonds.